The maximum atomic E-state index is 5.20. The van der Waals surface area contributed by atoms with Gasteiger partial charge in [-0.2, -0.15) is 0 Å². The number of allylic oxidation sites excluding steroid dienone is 4. The summed E-state index contributed by atoms with van der Waals surface area (Å²) < 4.78 is 5.09. The van der Waals surface area contributed by atoms with Crippen molar-refractivity contribution in [3.63, 3.8) is 0 Å². The Bertz CT molecular complexity index is 3100. The lowest BCUT2D eigenvalue weighted by molar-refractivity contribution is 0.857. The van der Waals surface area contributed by atoms with Gasteiger partial charge in [0.05, 0.1) is 22.4 Å². The van der Waals surface area contributed by atoms with Gasteiger partial charge in [-0.25, -0.2) is 9.97 Å². The molecule has 0 radical (unpaired) electrons. The maximum Gasteiger partial charge on any atom is 0.160 e. The number of benzene rings is 7. The number of hydrogen-bond acceptors (Lipinski definition) is 3. The SMILES string of the molecule is C1=CC(c2ccccc2)CC=C1c1cc(-n2c3ccccc3c3ccc(-c4cc(-c5ccccc5)nc(-c5ccccc5)n4)cc32)cc2c1sc1ccccc12. The molecule has 10 aromatic rings. The van der Waals surface area contributed by atoms with Crippen molar-refractivity contribution in [3.05, 3.63) is 205 Å². The second kappa shape index (κ2) is 13.5. The molecule has 0 bridgehead atoms. The van der Waals surface area contributed by atoms with E-state index >= 15 is 0 Å². The molecule has 1 atom stereocenters. The van der Waals surface area contributed by atoms with Crippen LogP contribution in [0.15, 0.2) is 194 Å². The van der Waals surface area contributed by atoms with Gasteiger partial charge in [-0.3, -0.25) is 0 Å². The molecule has 3 nitrogen and oxygen atoms in total. The summed E-state index contributed by atoms with van der Waals surface area (Å²) in [5.41, 5.74) is 12.3. The fourth-order valence-corrected chi connectivity index (χ4v) is 9.62. The average molecular weight is 734 g/mol. The van der Waals surface area contributed by atoms with Crippen LogP contribution in [0.1, 0.15) is 23.5 Å². The molecule has 0 spiro atoms. The summed E-state index contributed by atoms with van der Waals surface area (Å²) in [6, 6.07) is 62.9. The predicted molar refractivity (Wildman–Crippen MR) is 236 cm³/mol. The molecule has 1 unspecified atom stereocenters. The van der Waals surface area contributed by atoms with E-state index in [9.17, 15) is 0 Å². The number of hydrogen-bond donors (Lipinski definition) is 0. The standard InChI is InChI=1S/C52H35N3S/c1-4-14-34(15-5-1)35-24-26-36(27-25-35)44-31-40(32-45-43-21-11-13-23-50(43)56-51(44)45)55-48-22-12-10-20-41(48)42-29-28-39(30-49(42)55)47-33-46(37-16-6-2-7-17-37)53-52(54-47)38-18-8-3-9-19-38/h1-24,26-33,35H,25H2. The molecular formula is C52H35N3S. The van der Waals surface area contributed by atoms with E-state index in [1.165, 1.54) is 53.2 Å². The maximum absolute atomic E-state index is 5.20. The van der Waals surface area contributed by atoms with Crippen LogP contribution in [-0.4, -0.2) is 14.5 Å². The van der Waals surface area contributed by atoms with E-state index in [2.05, 4.69) is 174 Å². The summed E-state index contributed by atoms with van der Waals surface area (Å²) in [7, 11) is 0. The molecule has 1 aliphatic rings. The molecule has 0 aliphatic heterocycles. The molecule has 3 heterocycles. The normalized spacial score (nSPS) is 14.2. The van der Waals surface area contributed by atoms with Crippen LogP contribution >= 0.6 is 11.3 Å². The van der Waals surface area contributed by atoms with E-state index in [4.69, 9.17) is 9.97 Å². The van der Waals surface area contributed by atoms with Crippen molar-refractivity contribution >= 4 is 58.9 Å². The topological polar surface area (TPSA) is 30.7 Å². The highest BCUT2D eigenvalue weighted by atomic mass is 32.1. The van der Waals surface area contributed by atoms with E-state index in [1.807, 2.05) is 35.6 Å². The highest BCUT2D eigenvalue weighted by Crippen LogP contribution is 2.44. The van der Waals surface area contributed by atoms with Crippen LogP contribution in [-0.2, 0) is 0 Å². The quantitative estimate of drug-likeness (QED) is 0.170. The van der Waals surface area contributed by atoms with E-state index in [1.54, 1.807) is 0 Å². The molecule has 0 fully saturated rings. The van der Waals surface area contributed by atoms with Crippen LogP contribution in [0.25, 0.3) is 87.1 Å². The van der Waals surface area contributed by atoms with Crippen LogP contribution in [0.5, 0.6) is 0 Å². The predicted octanol–water partition coefficient (Wildman–Crippen LogP) is 14.1. The monoisotopic (exact) mass is 733 g/mol. The summed E-state index contributed by atoms with van der Waals surface area (Å²) in [4.78, 5) is 10.3. The third-order valence-corrected chi connectivity index (χ3v) is 12.4. The van der Waals surface area contributed by atoms with Gasteiger partial charge in [0.2, 0.25) is 0 Å². The van der Waals surface area contributed by atoms with E-state index in [0.29, 0.717) is 11.7 Å². The number of nitrogens with zero attached hydrogens (tertiary/aromatic N) is 3. The number of fused-ring (bicyclic) bond motifs is 6. The molecule has 56 heavy (non-hydrogen) atoms. The zero-order valence-corrected chi connectivity index (χ0v) is 31.3. The van der Waals surface area contributed by atoms with Crippen molar-refractivity contribution in [2.75, 3.05) is 0 Å². The lowest BCUT2D eigenvalue weighted by Crippen LogP contribution is -2.00. The van der Waals surface area contributed by atoms with Crippen molar-refractivity contribution in [3.8, 4) is 39.6 Å². The van der Waals surface area contributed by atoms with Gasteiger partial charge in [0.1, 0.15) is 0 Å². The highest BCUT2D eigenvalue weighted by molar-refractivity contribution is 7.26. The number of aromatic nitrogens is 3. The third-order valence-electron chi connectivity index (χ3n) is 11.2. The van der Waals surface area contributed by atoms with Crippen molar-refractivity contribution in [2.24, 2.45) is 0 Å². The Balaban J connectivity index is 1.12. The Morgan fingerprint density at radius 3 is 1.95 bits per heavy atom. The Kier molecular flexibility index (Phi) is 7.82. The van der Waals surface area contributed by atoms with Gasteiger partial charge in [0, 0.05) is 64.8 Å². The fraction of sp³-hybridized carbons (Fsp3) is 0.0385. The average Bonchev–Trinajstić information content (AvgIpc) is 3.82. The molecule has 0 saturated heterocycles. The number of thiophene rings is 1. The Morgan fingerprint density at radius 1 is 0.518 bits per heavy atom. The zero-order chi connectivity index (χ0) is 37.0. The molecule has 0 N–H and O–H groups in total. The van der Waals surface area contributed by atoms with E-state index in [-0.39, 0.29) is 0 Å². The molecule has 1 aliphatic carbocycles. The van der Waals surface area contributed by atoms with Gasteiger partial charge in [-0.05, 0) is 54.0 Å². The van der Waals surface area contributed by atoms with Gasteiger partial charge in [0.25, 0.3) is 0 Å². The summed E-state index contributed by atoms with van der Waals surface area (Å²) >= 11 is 1.89. The Labute approximate surface area is 329 Å². The summed E-state index contributed by atoms with van der Waals surface area (Å²) in [5, 5.41) is 5.02. The molecule has 0 amide bonds. The summed E-state index contributed by atoms with van der Waals surface area (Å²) in [6.07, 6.45) is 8.14. The smallest absolute Gasteiger partial charge is 0.160 e. The minimum atomic E-state index is 0.378. The van der Waals surface area contributed by atoms with Crippen molar-refractivity contribution in [2.45, 2.75) is 12.3 Å². The minimum Gasteiger partial charge on any atom is -0.309 e. The Morgan fingerprint density at radius 2 is 1.18 bits per heavy atom. The third kappa shape index (κ3) is 5.57. The first kappa shape index (κ1) is 32.5. The van der Waals surface area contributed by atoms with Crippen molar-refractivity contribution < 1.29 is 0 Å². The molecule has 11 rings (SSSR count). The highest BCUT2D eigenvalue weighted by Gasteiger charge is 2.20. The van der Waals surface area contributed by atoms with Gasteiger partial charge in [-0.15, -0.1) is 11.3 Å². The summed E-state index contributed by atoms with van der Waals surface area (Å²) in [5.74, 6) is 1.09. The second-order valence-corrected chi connectivity index (χ2v) is 15.6. The number of rotatable bonds is 6. The fourth-order valence-electron chi connectivity index (χ4n) is 8.40. The second-order valence-electron chi connectivity index (χ2n) is 14.5. The molecule has 0 saturated carbocycles. The molecular weight excluding hydrogens is 699 g/mol. The zero-order valence-electron chi connectivity index (χ0n) is 30.5. The van der Waals surface area contributed by atoms with Gasteiger partial charge < -0.3 is 4.57 Å². The van der Waals surface area contributed by atoms with Gasteiger partial charge in [0.15, 0.2) is 5.82 Å². The lowest BCUT2D eigenvalue weighted by atomic mass is 9.88. The van der Waals surface area contributed by atoms with E-state index in [0.717, 1.165) is 45.7 Å². The minimum absolute atomic E-state index is 0.378. The molecule has 7 aromatic carbocycles. The van der Waals surface area contributed by atoms with Crippen LogP contribution in [0.3, 0.4) is 0 Å². The van der Waals surface area contributed by atoms with Crippen LogP contribution in [0.4, 0.5) is 0 Å². The first-order valence-corrected chi connectivity index (χ1v) is 20.0. The van der Waals surface area contributed by atoms with Crippen LogP contribution in [0.2, 0.25) is 0 Å². The Hall–Kier alpha value is -6.88. The largest absolute Gasteiger partial charge is 0.309 e. The van der Waals surface area contributed by atoms with Gasteiger partial charge in [-0.1, -0.05) is 158 Å². The first-order valence-electron chi connectivity index (χ1n) is 19.2. The summed E-state index contributed by atoms with van der Waals surface area (Å²) in [6.45, 7) is 0. The van der Waals surface area contributed by atoms with Crippen molar-refractivity contribution in [1.29, 1.82) is 0 Å². The molecule has 3 aromatic heterocycles. The van der Waals surface area contributed by atoms with Crippen molar-refractivity contribution in [1.82, 2.24) is 14.5 Å². The van der Waals surface area contributed by atoms with Gasteiger partial charge >= 0.3 is 0 Å². The van der Waals surface area contributed by atoms with Crippen LogP contribution < -0.4 is 0 Å². The number of para-hydroxylation sites is 1. The molecule has 4 heteroatoms. The van der Waals surface area contributed by atoms with E-state index < -0.39 is 0 Å². The van der Waals surface area contributed by atoms with Crippen LogP contribution in [0, 0.1) is 0 Å². The first-order chi connectivity index (χ1) is 27.7. The molecule has 264 valence electrons. The lowest BCUT2D eigenvalue weighted by Gasteiger charge is -2.18.